The molecule has 1 unspecified atom stereocenters. The monoisotopic (exact) mass is 471 g/mol. The number of hydrogen-bond acceptors (Lipinski definition) is 8. The average molecular weight is 472 g/mol. The molecule has 1 aromatic carbocycles. The number of rotatable bonds is 7. The summed E-state index contributed by atoms with van der Waals surface area (Å²) in [4.78, 5) is 26.4. The molecule has 2 heterocycles. The van der Waals surface area contributed by atoms with Crippen molar-refractivity contribution in [2.24, 2.45) is 5.92 Å². The summed E-state index contributed by atoms with van der Waals surface area (Å²) in [5, 5.41) is 11.9. The van der Waals surface area contributed by atoms with Gasteiger partial charge in [0.05, 0.1) is 17.9 Å². The fourth-order valence-electron chi connectivity index (χ4n) is 3.63. The molecule has 1 N–H and O–H groups in total. The van der Waals surface area contributed by atoms with Gasteiger partial charge in [-0.25, -0.2) is 4.79 Å². The number of hydrogen-bond donors (Lipinski definition) is 1. The molecule has 0 saturated heterocycles. The van der Waals surface area contributed by atoms with Gasteiger partial charge in [-0.1, -0.05) is 36.4 Å². The molecule has 1 aliphatic carbocycles. The van der Waals surface area contributed by atoms with Crippen LogP contribution in [-0.2, 0) is 22.4 Å². The first-order valence-corrected chi connectivity index (χ1v) is 12.4. The van der Waals surface area contributed by atoms with Crippen molar-refractivity contribution in [2.45, 2.75) is 45.3 Å². The van der Waals surface area contributed by atoms with E-state index in [1.165, 1.54) is 11.3 Å². The van der Waals surface area contributed by atoms with Crippen LogP contribution in [0.3, 0.4) is 0 Å². The minimum absolute atomic E-state index is 0.0940. The number of amides is 1. The summed E-state index contributed by atoms with van der Waals surface area (Å²) in [7, 11) is 0. The lowest BCUT2D eigenvalue weighted by atomic mass is 9.88. The number of aromatic nitrogens is 2. The number of ether oxygens (including phenoxy) is 1. The number of aryl methyl sites for hydroxylation is 1. The van der Waals surface area contributed by atoms with Crippen LogP contribution in [-0.4, -0.2) is 34.4 Å². The van der Waals surface area contributed by atoms with Gasteiger partial charge in [-0.3, -0.25) is 4.79 Å². The van der Waals surface area contributed by atoms with E-state index in [2.05, 4.69) is 22.4 Å². The fourth-order valence-corrected chi connectivity index (χ4v) is 5.61. The molecule has 3 aromatic rings. The summed E-state index contributed by atoms with van der Waals surface area (Å²) in [6.45, 7) is 6.29. The number of fused-ring (bicyclic) bond motifs is 1. The quantitative estimate of drug-likeness (QED) is 0.377. The lowest BCUT2D eigenvalue weighted by Crippen LogP contribution is -2.17. The van der Waals surface area contributed by atoms with E-state index < -0.39 is 0 Å². The Balaban J connectivity index is 1.43. The Bertz CT molecular complexity index is 1120. The van der Waals surface area contributed by atoms with Gasteiger partial charge in [-0.15, -0.1) is 21.5 Å². The second-order valence-electron chi connectivity index (χ2n) is 7.85. The minimum atomic E-state index is -0.373. The molecule has 0 radical (unpaired) electrons. The number of benzene rings is 1. The molecule has 0 fully saturated rings. The van der Waals surface area contributed by atoms with E-state index >= 15 is 0 Å². The molecule has 1 aliphatic rings. The number of nitrogens with zero attached hydrogens (tertiary/aromatic N) is 2. The Labute approximate surface area is 195 Å². The van der Waals surface area contributed by atoms with E-state index in [4.69, 9.17) is 9.15 Å². The lowest BCUT2D eigenvalue weighted by Gasteiger charge is -2.18. The van der Waals surface area contributed by atoms with Crippen molar-refractivity contribution in [1.29, 1.82) is 0 Å². The molecule has 168 valence electrons. The molecule has 0 spiro atoms. The van der Waals surface area contributed by atoms with E-state index in [0.717, 1.165) is 52.6 Å². The van der Waals surface area contributed by atoms with Crippen molar-refractivity contribution in [3.8, 4) is 11.5 Å². The van der Waals surface area contributed by atoms with Crippen molar-refractivity contribution >= 4 is 40.0 Å². The van der Waals surface area contributed by atoms with Gasteiger partial charge in [-0.05, 0) is 56.7 Å². The first-order chi connectivity index (χ1) is 15.4. The Kier molecular flexibility index (Phi) is 6.95. The van der Waals surface area contributed by atoms with Crippen LogP contribution in [0.4, 0.5) is 5.00 Å². The maximum Gasteiger partial charge on any atom is 0.341 e. The van der Waals surface area contributed by atoms with Gasteiger partial charge >= 0.3 is 5.97 Å². The van der Waals surface area contributed by atoms with Gasteiger partial charge in [0.2, 0.25) is 11.8 Å². The van der Waals surface area contributed by atoms with Crippen LogP contribution in [0, 0.1) is 12.8 Å². The van der Waals surface area contributed by atoms with Crippen LogP contribution >= 0.6 is 23.1 Å². The normalized spacial score (nSPS) is 15.3. The zero-order chi connectivity index (χ0) is 22.7. The third-order valence-electron chi connectivity index (χ3n) is 5.28. The van der Waals surface area contributed by atoms with Crippen molar-refractivity contribution in [1.82, 2.24) is 10.2 Å². The number of carbonyl (C=O) groups excluding carboxylic acids is 2. The van der Waals surface area contributed by atoms with E-state index in [1.54, 1.807) is 6.92 Å². The molecule has 9 heteroatoms. The molecule has 0 aliphatic heterocycles. The number of thiophene rings is 1. The van der Waals surface area contributed by atoms with Crippen LogP contribution in [0.25, 0.3) is 11.5 Å². The number of carbonyl (C=O) groups is 2. The number of nitrogens with one attached hydrogen (secondary N) is 1. The minimum Gasteiger partial charge on any atom is -0.462 e. The maximum atomic E-state index is 12.6. The molecular weight excluding hydrogens is 446 g/mol. The third kappa shape index (κ3) is 5.05. The second kappa shape index (κ2) is 9.87. The van der Waals surface area contributed by atoms with Crippen LogP contribution in [0.2, 0.25) is 0 Å². The fraction of sp³-hybridized carbons (Fsp3) is 0.391. The highest BCUT2D eigenvalue weighted by Gasteiger charge is 2.29. The summed E-state index contributed by atoms with van der Waals surface area (Å²) < 4.78 is 10.9. The van der Waals surface area contributed by atoms with Crippen molar-refractivity contribution < 1.29 is 18.7 Å². The Morgan fingerprint density at radius 3 is 2.81 bits per heavy atom. The van der Waals surface area contributed by atoms with Gasteiger partial charge < -0.3 is 14.5 Å². The summed E-state index contributed by atoms with van der Waals surface area (Å²) in [6.07, 6.45) is 2.77. The summed E-state index contributed by atoms with van der Waals surface area (Å²) >= 11 is 2.64. The zero-order valence-electron chi connectivity index (χ0n) is 18.3. The summed E-state index contributed by atoms with van der Waals surface area (Å²) in [5.74, 6) is 0.467. The predicted molar refractivity (Wildman–Crippen MR) is 125 cm³/mol. The molecule has 32 heavy (non-hydrogen) atoms. The van der Waals surface area contributed by atoms with Gasteiger partial charge in [0.1, 0.15) is 5.00 Å². The highest BCUT2D eigenvalue weighted by Crippen LogP contribution is 2.40. The van der Waals surface area contributed by atoms with E-state index in [-0.39, 0.29) is 17.6 Å². The van der Waals surface area contributed by atoms with Crippen molar-refractivity contribution in [2.75, 3.05) is 17.7 Å². The Morgan fingerprint density at radius 1 is 1.28 bits per heavy atom. The number of thioether (sulfide) groups is 1. The van der Waals surface area contributed by atoms with Crippen LogP contribution in [0.5, 0.6) is 0 Å². The van der Waals surface area contributed by atoms with Gasteiger partial charge in [0.15, 0.2) is 0 Å². The maximum absolute atomic E-state index is 12.6. The highest BCUT2D eigenvalue weighted by atomic mass is 32.2. The van der Waals surface area contributed by atoms with Gasteiger partial charge in [0, 0.05) is 10.4 Å². The van der Waals surface area contributed by atoms with Gasteiger partial charge in [0.25, 0.3) is 5.22 Å². The Morgan fingerprint density at radius 2 is 2.06 bits per heavy atom. The highest BCUT2D eigenvalue weighted by molar-refractivity contribution is 7.99. The zero-order valence-corrected chi connectivity index (χ0v) is 19.9. The van der Waals surface area contributed by atoms with Gasteiger partial charge in [-0.2, -0.15) is 0 Å². The van der Waals surface area contributed by atoms with Crippen molar-refractivity contribution in [3.63, 3.8) is 0 Å². The lowest BCUT2D eigenvalue weighted by molar-refractivity contribution is -0.113. The van der Waals surface area contributed by atoms with Crippen LogP contribution in [0.1, 0.15) is 46.6 Å². The number of anilines is 1. The Hall–Kier alpha value is -2.65. The standard InChI is InChI=1S/C23H25N3O4S2/c1-4-29-22(28)19-16-10-7-14(3)11-17(16)32-21(19)24-18(27)12-31-23-26-25-20(30-23)15-8-5-13(2)6-9-15/h5-6,8-9,14H,4,7,10-12H2,1-3H3,(H,24,27). The SMILES string of the molecule is CCOC(=O)c1c(NC(=O)CSc2nnc(-c3ccc(C)cc3)o2)sc2c1CCC(C)C2. The molecule has 1 amide bonds. The first kappa shape index (κ1) is 22.5. The second-order valence-corrected chi connectivity index (χ2v) is 9.88. The molecule has 0 saturated carbocycles. The predicted octanol–water partition coefficient (Wildman–Crippen LogP) is 5.14. The first-order valence-electron chi connectivity index (χ1n) is 10.6. The molecule has 1 atom stereocenters. The van der Waals surface area contributed by atoms with E-state index in [9.17, 15) is 9.59 Å². The smallest absolute Gasteiger partial charge is 0.341 e. The molecular formula is C23H25N3O4S2. The topological polar surface area (TPSA) is 94.3 Å². The molecule has 2 aromatic heterocycles. The summed E-state index contributed by atoms with van der Waals surface area (Å²) in [5.41, 5.74) is 3.51. The molecule has 0 bridgehead atoms. The molecule has 7 nitrogen and oxygen atoms in total. The number of esters is 1. The third-order valence-corrected chi connectivity index (χ3v) is 7.26. The van der Waals surface area contributed by atoms with Crippen molar-refractivity contribution in [3.05, 3.63) is 45.8 Å². The largest absolute Gasteiger partial charge is 0.462 e. The average Bonchev–Trinajstić information content (AvgIpc) is 3.37. The van der Waals surface area contributed by atoms with E-state index in [0.29, 0.717) is 34.2 Å². The molecule has 4 rings (SSSR count). The van der Waals surface area contributed by atoms with Crippen LogP contribution < -0.4 is 5.32 Å². The summed E-state index contributed by atoms with van der Waals surface area (Å²) in [6, 6.07) is 7.78. The van der Waals surface area contributed by atoms with Crippen LogP contribution in [0.15, 0.2) is 33.9 Å². The van der Waals surface area contributed by atoms with E-state index in [1.807, 2.05) is 31.2 Å².